The Morgan fingerprint density at radius 2 is 1.97 bits per heavy atom. The van der Waals surface area contributed by atoms with Crippen molar-refractivity contribution < 1.29 is 24.1 Å². The third-order valence-corrected chi connectivity index (χ3v) is 6.30. The minimum Gasteiger partial charge on any atom is -0.493 e. The summed E-state index contributed by atoms with van der Waals surface area (Å²) in [6.07, 6.45) is -0.820. The fraction of sp³-hybridized carbons (Fsp3) is 0.304. The van der Waals surface area contributed by atoms with Crippen LogP contribution in [0.25, 0.3) is 0 Å². The summed E-state index contributed by atoms with van der Waals surface area (Å²) in [5.74, 6) is 2.49. The second-order valence-electron chi connectivity index (χ2n) is 7.02. The molecule has 0 saturated carbocycles. The fourth-order valence-electron chi connectivity index (χ4n) is 3.28. The molecule has 1 aliphatic heterocycles. The van der Waals surface area contributed by atoms with Gasteiger partial charge >= 0.3 is 0 Å². The van der Waals surface area contributed by atoms with Gasteiger partial charge in [-0.2, -0.15) is 0 Å². The number of hydrogen-bond donors (Lipinski definition) is 2. The Bertz CT molecular complexity index is 1010. The van der Waals surface area contributed by atoms with Gasteiger partial charge in [0.25, 0.3) is 0 Å². The molecule has 1 atom stereocenters. The van der Waals surface area contributed by atoms with Gasteiger partial charge in [0.05, 0.1) is 11.6 Å². The second-order valence-corrected chi connectivity index (χ2v) is 8.91. The zero-order chi connectivity index (χ0) is 21.6. The number of halogens is 1. The minimum absolute atomic E-state index is 0.0740. The van der Waals surface area contributed by atoms with E-state index in [2.05, 4.69) is 32.7 Å². The predicted octanol–water partition coefficient (Wildman–Crippen LogP) is 4.69. The maximum absolute atomic E-state index is 10.6. The van der Waals surface area contributed by atoms with E-state index >= 15 is 0 Å². The summed E-state index contributed by atoms with van der Waals surface area (Å²) in [5.41, 5.74) is 1.77. The average Bonchev–Trinajstić information content (AvgIpc) is 3.31. The highest BCUT2D eigenvalue weighted by Crippen LogP contribution is 2.38. The van der Waals surface area contributed by atoms with Gasteiger partial charge in [0.1, 0.15) is 25.9 Å². The van der Waals surface area contributed by atoms with Crippen LogP contribution in [0.5, 0.6) is 23.0 Å². The summed E-state index contributed by atoms with van der Waals surface area (Å²) >= 11 is 5.31. The summed E-state index contributed by atoms with van der Waals surface area (Å²) in [6.45, 7) is 2.63. The van der Waals surface area contributed by atoms with E-state index in [-0.39, 0.29) is 6.61 Å². The topological polar surface area (TPSA) is 69.2 Å². The van der Waals surface area contributed by atoms with Gasteiger partial charge in [0, 0.05) is 18.0 Å². The molecule has 8 heteroatoms. The molecule has 0 fully saturated rings. The Labute approximate surface area is 193 Å². The van der Waals surface area contributed by atoms with Gasteiger partial charge in [-0.05, 0) is 62.8 Å². The molecule has 2 aromatic carbocycles. The number of fused-ring (bicyclic) bond motifs is 1. The lowest BCUT2D eigenvalue weighted by atomic mass is 10.1. The molecular weight excluding hydrogens is 482 g/mol. The molecule has 1 aromatic heterocycles. The number of rotatable bonds is 9. The van der Waals surface area contributed by atoms with Crippen LogP contribution in [-0.2, 0) is 13.1 Å². The zero-order valence-corrected chi connectivity index (χ0v) is 19.5. The van der Waals surface area contributed by atoms with Crippen LogP contribution in [0.3, 0.4) is 0 Å². The third-order valence-electron chi connectivity index (χ3n) is 4.83. The number of nitrogens with one attached hydrogen (secondary N) is 1. The predicted molar refractivity (Wildman–Crippen MR) is 123 cm³/mol. The molecule has 3 aromatic rings. The molecule has 31 heavy (non-hydrogen) atoms. The molecule has 0 saturated heterocycles. The lowest BCUT2D eigenvalue weighted by Crippen LogP contribution is -2.16. The molecule has 1 aliphatic rings. The molecule has 4 rings (SSSR count). The third kappa shape index (κ3) is 5.51. The lowest BCUT2D eigenvalue weighted by molar-refractivity contribution is 0.105. The van der Waals surface area contributed by atoms with Crippen LogP contribution in [0, 0.1) is 0 Å². The Balaban J connectivity index is 1.39. The Hall–Kier alpha value is -2.26. The molecule has 2 heterocycles. The van der Waals surface area contributed by atoms with Gasteiger partial charge in [-0.1, -0.05) is 12.1 Å². The molecule has 0 bridgehead atoms. The normalized spacial score (nSPS) is 13.6. The van der Waals surface area contributed by atoms with Gasteiger partial charge in [-0.3, -0.25) is 0 Å². The monoisotopic (exact) mass is 505 g/mol. The van der Waals surface area contributed by atoms with E-state index in [1.54, 1.807) is 24.5 Å². The maximum Gasteiger partial charge on any atom is 0.175 e. The van der Waals surface area contributed by atoms with Gasteiger partial charge in [-0.25, -0.2) is 0 Å². The van der Waals surface area contributed by atoms with Crippen molar-refractivity contribution in [1.82, 2.24) is 5.32 Å². The fourth-order valence-corrected chi connectivity index (χ4v) is 4.56. The van der Waals surface area contributed by atoms with Crippen molar-refractivity contribution >= 4 is 27.3 Å². The standard InChI is InChI=1S/C23H24BrNO5S/c1-27-22-10-15(12-25-13-17-3-2-8-31-17)9-18(24)23(22)30-14-19(26)16-4-5-20-21(11-16)29-7-6-28-20/h2-5,8-11,19,25-26H,6-7,12-14H2,1H3. The van der Waals surface area contributed by atoms with Crippen LogP contribution in [0.1, 0.15) is 22.1 Å². The van der Waals surface area contributed by atoms with Gasteiger partial charge in [0.15, 0.2) is 23.0 Å². The Kier molecular flexibility index (Phi) is 7.34. The van der Waals surface area contributed by atoms with Gasteiger partial charge in [0.2, 0.25) is 0 Å². The van der Waals surface area contributed by atoms with E-state index in [0.29, 0.717) is 48.3 Å². The van der Waals surface area contributed by atoms with Crippen molar-refractivity contribution in [2.24, 2.45) is 0 Å². The number of benzene rings is 2. The summed E-state index contributed by atoms with van der Waals surface area (Å²) in [6, 6.07) is 13.5. The van der Waals surface area contributed by atoms with Crippen molar-refractivity contribution in [2.45, 2.75) is 19.2 Å². The van der Waals surface area contributed by atoms with Crippen LogP contribution in [0.15, 0.2) is 52.3 Å². The highest BCUT2D eigenvalue weighted by Gasteiger charge is 2.18. The molecule has 2 N–H and O–H groups in total. The highest BCUT2D eigenvalue weighted by atomic mass is 79.9. The van der Waals surface area contributed by atoms with Crippen molar-refractivity contribution in [2.75, 3.05) is 26.9 Å². The van der Waals surface area contributed by atoms with Crippen LogP contribution >= 0.6 is 27.3 Å². The van der Waals surface area contributed by atoms with E-state index in [1.807, 2.05) is 30.3 Å². The van der Waals surface area contributed by atoms with Crippen molar-refractivity contribution in [3.63, 3.8) is 0 Å². The first-order valence-corrected chi connectivity index (χ1v) is 11.6. The number of aliphatic hydroxyl groups is 1. The first-order valence-electron chi connectivity index (χ1n) is 9.94. The zero-order valence-electron chi connectivity index (χ0n) is 17.1. The first kappa shape index (κ1) is 22.0. The number of methoxy groups -OCH3 is 1. The smallest absolute Gasteiger partial charge is 0.175 e. The Morgan fingerprint density at radius 1 is 1.13 bits per heavy atom. The van der Waals surface area contributed by atoms with E-state index in [4.69, 9.17) is 18.9 Å². The SMILES string of the molecule is COc1cc(CNCc2cccs2)cc(Br)c1OCC(O)c1ccc2c(c1)OCCO2. The van der Waals surface area contributed by atoms with Crippen LogP contribution < -0.4 is 24.3 Å². The lowest BCUT2D eigenvalue weighted by Gasteiger charge is -2.21. The largest absolute Gasteiger partial charge is 0.493 e. The van der Waals surface area contributed by atoms with E-state index in [0.717, 1.165) is 16.6 Å². The highest BCUT2D eigenvalue weighted by molar-refractivity contribution is 9.10. The number of ether oxygens (including phenoxy) is 4. The molecule has 0 spiro atoms. The Morgan fingerprint density at radius 3 is 2.74 bits per heavy atom. The average molecular weight is 506 g/mol. The number of thiophene rings is 1. The maximum atomic E-state index is 10.6. The van der Waals surface area contributed by atoms with Crippen LogP contribution in [0.4, 0.5) is 0 Å². The number of aliphatic hydroxyl groups excluding tert-OH is 1. The first-order chi connectivity index (χ1) is 15.1. The van der Waals surface area contributed by atoms with E-state index < -0.39 is 6.10 Å². The van der Waals surface area contributed by atoms with E-state index in [9.17, 15) is 5.11 Å². The van der Waals surface area contributed by atoms with Gasteiger partial charge < -0.3 is 29.4 Å². The van der Waals surface area contributed by atoms with Crippen LogP contribution in [0.2, 0.25) is 0 Å². The molecule has 0 amide bonds. The summed E-state index contributed by atoms with van der Waals surface area (Å²) < 4.78 is 23.3. The van der Waals surface area contributed by atoms with E-state index in [1.165, 1.54) is 4.88 Å². The molecule has 164 valence electrons. The van der Waals surface area contributed by atoms with Crippen molar-refractivity contribution in [3.05, 3.63) is 68.3 Å². The minimum atomic E-state index is -0.820. The molecule has 0 aliphatic carbocycles. The molecular formula is C23H24BrNO5S. The summed E-state index contributed by atoms with van der Waals surface area (Å²) in [4.78, 5) is 1.29. The molecule has 6 nitrogen and oxygen atoms in total. The second kappa shape index (κ2) is 10.4. The van der Waals surface area contributed by atoms with Crippen molar-refractivity contribution in [3.8, 4) is 23.0 Å². The number of hydrogen-bond acceptors (Lipinski definition) is 7. The molecule has 0 radical (unpaired) electrons. The van der Waals surface area contributed by atoms with Crippen LogP contribution in [-0.4, -0.2) is 32.0 Å². The quantitative estimate of drug-likeness (QED) is 0.439. The summed E-state index contributed by atoms with van der Waals surface area (Å²) in [7, 11) is 1.61. The summed E-state index contributed by atoms with van der Waals surface area (Å²) in [5, 5.41) is 16.1. The van der Waals surface area contributed by atoms with Crippen molar-refractivity contribution in [1.29, 1.82) is 0 Å². The molecule has 1 unspecified atom stereocenters. The van der Waals surface area contributed by atoms with Gasteiger partial charge in [-0.15, -0.1) is 11.3 Å².